The molecular formula is C10H10F2N4O4. The van der Waals surface area contributed by atoms with Gasteiger partial charge in [-0.2, -0.15) is 4.39 Å². The molecule has 0 aromatic heterocycles. The molecule has 0 amide bonds. The summed E-state index contributed by atoms with van der Waals surface area (Å²) in [5, 5.41) is 32.7. The summed E-state index contributed by atoms with van der Waals surface area (Å²) in [6.45, 7) is -0.147. The van der Waals surface area contributed by atoms with Gasteiger partial charge in [0.05, 0.1) is 17.1 Å². The smallest absolute Gasteiger partial charge is 0.307 e. The van der Waals surface area contributed by atoms with Crippen LogP contribution in [0.1, 0.15) is 18.1 Å². The number of nitro groups is 1. The number of hydrogen-bond acceptors (Lipinski definition) is 5. The van der Waals surface area contributed by atoms with Crippen molar-refractivity contribution in [3.8, 4) is 0 Å². The van der Waals surface area contributed by atoms with Crippen LogP contribution < -0.4 is 0 Å². The number of hydrogen-bond donors (Lipinski definition) is 2. The molecule has 2 atom stereocenters. The molecule has 0 aliphatic heterocycles. The first-order chi connectivity index (χ1) is 9.38. The van der Waals surface area contributed by atoms with Crippen molar-refractivity contribution in [2.45, 2.75) is 18.6 Å². The van der Waals surface area contributed by atoms with E-state index in [1.807, 2.05) is 0 Å². The molecule has 2 N–H and O–H groups in total. The van der Waals surface area contributed by atoms with Crippen LogP contribution in [0.4, 0.5) is 14.5 Å². The van der Waals surface area contributed by atoms with Gasteiger partial charge in [0.25, 0.3) is 0 Å². The monoisotopic (exact) mass is 288 g/mol. The lowest BCUT2D eigenvalue weighted by Crippen LogP contribution is -2.20. The summed E-state index contributed by atoms with van der Waals surface area (Å²) in [5.41, 5.74) is 6.36. The Balaban J connectivity index is 2.98. The number of aliphatic hydroxyl groups excluding tert-OH is 2. The van der Waals surface area contributed by atoms with E-state index in [0.29, 0.717) is 12.1 Å². The van der Waals surface area contributed by atoms with Gasteiger partial charge in [-0.3, -0.25) is 10.1 Å². The molecule has 8 nitrogen and oxygen atoms in total. The molecule has 10 heteroatoms. The number of halogens is 2. The number of aliphatic hydroxyl groups is 2. The van der Waals surface area contributed by atoms with E-state index in [9.17, 15) is 29.1 Å². The third-order valence-corrected chi connectivity index (χ3v) is 2.53. The molecule has 20 heavy (non-hydrogen) atoms. The van der Waals surface area contributed by atoms with Crippen molar-refractivity contribution in [2.24, 2.45) is 5.11 Å². The van der Waals surface area contributed by atoms with Gasteiger partial charge in [-0.1, -0.05) is 5.11 Å². The van der Waals surface area contributed by atoms with Gasteiger partial charge in [0.2, 0.25) is 5.82 Å². The topological polar surface area (TPSA) is 132 Å². The van der Waals surface area contributed by atoms with Crippen LogP contribution in [0.2, 0.25) is 0 Å². The van der Waals surface area contributed by atoms with Crippen molar-refractivity contribution in [1.29, 1.82) is 0 Å². The summed E-state index contributed by atoms with van der Waals surface area (Å²) >= 11 is 0. The maximum Gasteiger partial charge on any atom is 0.307 e. The Morgan fingerprint density at radius 3 is 2.60 bits per heavy atom. The van der Waals surface area contributed by atoms with Crippen LogP contribution in [0.15, 0.2) is 17.2 Å². The number of azide groups is 1. The fraction of sp³-hybridized carbons (Fsp3) is 0.400. The maximum absolute atomic E-state index is 13.6. The van der Waals surface area contributed by atoms with Gasteiger partial charge >= 0.3 is 5.69 Å². The van der Waals surface area contributed by atoms with E-state index in [1.165, 1.54) is 0 Å². The van der Waals surface area contributed by atoms with Crippen LogP contribution in [0.3, 0.4) is 0 Å². The summed E-state index contributed by atoms with van der Waals surface area (Å²) in [6.07, 6.45) is -3.47. The normalized spacial score (nSPS) is 13.4. The van der Waals surface area contributed by atoms with Crippen LogP contribution >= 0.6 is 0 Å². The molecule has 0 radical (unpaired) electrons. The molecule has 108 valence electrons. The maximum atomic E-state index is 13.6. The van der Waals surface area contributed by atoms with Crippen molar-refractivity contribution in [2.75, 3.05) is 6.54 Å². The van der Waals surface area contributed by atoms with Gasteiger partial charge < -0.3 is 10.2 Å². The first-order valence-electron chi connectivity index (χ1n) is 5.38. The standard InChI is InChI=1S/C10H10F2N4O4/c11-6-4-8(16(19)20)7(12)3-5(6)10(18)9(17)1-2-14-15-13/h3-4,9-10,17-18H,1-2H2. The highest BCUT2D eigenvalue weighted by molar-refractivity contribution is 5.37. The van der Waals surface area contributed by atoms with Crippen molar-refractivity contribution in [1.82, 2.24) is 0 Å². The molecule has 1 aromatic carbocycles. The largest absolute Gasteiger partial charge is 0.390 e. The fourth-order valence-electron chi connectivity index (χ4n) is 1.52. The van der Waals surface area contributed by atoms with E-state index in [1.54, 1.807) is 0 Å². The third-order valence-electron chi connectivity index (χ3n) is 2.53. The molecular weight excluding hydrogens is 278 g/mol. The minimum atomic E-state index is -1.79. The average molecular weight is 288 g/mol. The molecule has 0 heterocycles. The van der Waals surface area contributed by atoms with E-state index in [0.717, 1.165) is 0 Å². The zero-order valence-electron chi connectivity index (χ0n) is 9.98. The molecule has 0 fully saturated rings. The molecule has 0 bridgehead atoms. The van der Waals surface area contributed by atoms with Crippen LogP contribution in [-0.4, -0.2) is 27.8 Å². The molecule has 0 aliphatic rings. The molecule has 0 saturated carbocycles. The molecule has 0 spiro atoms. The molecule has 1 rings (SSSR count). The van der Waals surface area contributed by atoms with Crippen LogP contribution in [-0.2, 0) is 0 Å². The zero-order chi connectivity index (χ0) is 15.3. The predicted molar refractivity (Wildman–Crippen MR) is 62.6 cm³/mol. The Bertz CT molecular complexity index is 562. The summed E-state index contributed by atoms with van der Waals surface area (Å²) in [5.74, 6) is -2.54. The SMILES string of the molecule is [N-]=[N+]=NCCC(O)C(O)c1cc(F)c([N+](=O)[O-])cc1F. The summed E-state index contributed by atoms with van der Waals surface area (Å²) in [6, 6.07) is 0.781. The Hall–Kier alpha value is -2.29. The second kappa shape index (κ2) is 6.75. The number of benzene rings is 1. The third kappa shape index (κ3) is 3.60. The highest BCUT2D eigenvalue weighted by Gasteiger charge is 2.26. The van der Waals surface area contributed by atoms with Crippen LogP contribution in [0.5, 0.6) is 0 Å². The second-order valence-electron chi connectivity index (χ2n) is 3.84. The van der Waals surface area contributed by atoms with Crippen molar-refractivity contribution >= 4 is 5.69 Å². The average Bonchev–Trinajstić information content (AvgIpc) is 2.40. The van der Waals surface area contributed by atoms with E-state index in [4.69, 9.17) is 5.53 Å². The Morgan fingerprint density at radius 1 is 1.40 bits per heavy atom. The minimum absolute atomic E-state index is 0.147. The summed E-state index contributed by atoms with van der Waals surface area (Å²) in [7, 11) is 0. The fourth-order valence-corrected chi connectivity index (χ4v) is 1.52. The van der Waals surface area contributed by atoms with Crippen molar-refractivity contribution in [3.05, 3.63) is 49.9 Å². The predicted octanol–water partition coefficient (Wildman–Crippen LogP) is 1.97. The highest BCUT2D eigenvalue weighted by atomic mass is 19.1. The Kier molecular flexibility index (Phi) is 5.32. The Morgan fingerprint density at radius 2 is 2.05 bits per heavy atom. The van der Waals surface area contributed by atoms with Crippen molar-refractivity contribution in [3.63, 3.8) is 0 Å². The van der Waals surface area contributed by atoms with Gasteiger partial charge in [0, 0.05) is 17.0 Å². The number of nitrogens with zero attached hydrogens (tertiary/aromatic N) is 4. The lowest BCUT2D eigenvalue weighted by Gasteiger charge is -2.17. The Labute approximate surface area is 111 Å². The van der Waals surface area contributed by atoms with E-state index >= 15 is 0 Å². The van der Waals surface area contributed by atoms with Gasteiger partial charge in [-0.15, -0.1) is 0 Å². The van der Waals surface area contributed by atoms with Crippen molar-refractivity contribution < 1.29 is 23.9 Å². The summed E-state index contributed by atoms with van der Waals surface area (Å²) in [4.78, 5) is 11.7. The lowest BCUT2D eigenvalue weighted by molar-refractivity contribution is -0.387. The van der Waals surface area contributed by atoms with Gasteiger partial charge in [-0.05, 0) is 18.0 Å². The molecule has 0 saturated heterocycles. The first-order valence-corrected chi connectivity index (χ1v) is 5.38. The van der Waals surface area contributed by atoms with Gasteiger partial charge in [0.15, 0.2) is 0 Å². The minimum Gasteiger partial charge on any atom is -0.390 e. The van der Waals surface area contributed by atoms with Crippen LogP contribution in [0, 0.1) is 21.7 Å². The highest BCUT2D eigenvalue weighted by Crippen LogP contribution is 2.27. The van der Waals surface area contributed by atoms with E-state index < -0.39 is 40.0 Å². The zero-order valence-corrected chi connectivity index (χ0v) is 9.98. The molecule has 2 unspecified atom stereocenters. The number of nitro benzene ring substituents is 1. The van der Waals surface area contributed by atoms with Crippen LogP contribution in [0.25, 0.3) is 10.4 Å². The lowest BCUT2D eigenvalue weighted by atomic mass is 10.0. The van der Waals surface area contributed by atoms with Gasteiger partial charge in [-0.25, -0.2) is 4.39 Å². The summed E-state index contributed by atoms with van der Waals surface area (Å²) < 4.78 is 26.9. The molecule has 1 aromatic rings. The number of rotatable bonds is 6. The first kappa shape index (κ1) is 15.8. The second-order valence-corrected chi connectivity index (χ2v) is 3.84. The molecule has 0 aliphatic carbocycles. The van der Waals surface area contributed by atoms with Gasteiger partial charge in [0.1, 0.15) is 11.9 Å². The quantitative estimate of drug-likeness (QED) is 0.272. The van der Waals surface area contributed by atoms with E-state index in [2.05, 4.69) is 10.0 Å². The van der Waals surface area contributed by atoms with E-state index in [-0.39, 0.29) is 13.0 Å².